The number of aliphatic hydroxyl groups is 1. The van der Waals surface area contributed by atoms with E-state index in [0.717, 1.165) is 24.0 Å². The topological polar surface area (TPSA) is 64.1 Å². The number of halogens is 1. The van der Waals surface area contributed by atoms with Gasteiger partial charge in [-0.25, -0.2) is 4.98 Å². The molecule has 4 nitrogen and oxygen atoms in total. The third kappa shape index (κ3) is 2.29. The molecule has 1 aromatic carbocycles. The van der Waals surface area contributed by atoms with Gasteiger partial charge < -0.3 is 15.4 Å². The summed E-state index contributed by atoms with van der Waals surface area (Å²) in [6.45, 7) is 2.80. The monoisotopic (exact) mass is 253 g/mol. The van der Waals surface area contributed by atoms with Crippen LogP contribution in [0.1, 0.15) is 25.2 Å². The van der Waals surface area contributed by atoms with Gasteiger partial charge in [-0.15, -0.1) is 0 Å². The Morgan fingerprint density at radius 1 is 1.53 bits per heavy atom. The van der Waals surface area contributed by atoms with Crippen molar-refractivity contribution in [3.05, 3.63) is 29.0 Å². The van der Waals surface area contributed by atoms with Gasteiger partial charge in [0.25, 0.3) is 0 Å². The predicted molar refractivity (Wildman–Crippen MR) is 69.0 cm³/mol. The highest BCUT2D eigenvalue weighted by molar-refractivity contribution is 6.31. The van der Waals surface area contributed by atoms with Crippen LogP contribution in [-0.2, 0) is 6.54 Å². The van der Waals surface area contributed by atoms with Gasteiger partial charge in [0, 0.05) is 11.6 Å². The molecule has 3 N–H and O–H groups in total. The van der Waals surface area contributed by atoms with Crippen LogP contribution in [0, 0.1) is 0 Å². The zero-order chi connectivity index (χ0) is 12.4. The quantitative estimate of drug-likeness (QED) is 0.877. The Labute approximate surface area is 105 Å². The van der Waals surface area contributed by atoms with E-state index >= 15 is 0 Å². The van der Waals surface area contributed by atoms with Crippen molar-refractivity contribution in [2.75, 3.05) is 6.61 Å². The van der Waals surface area contributed by atoms with Crippen LogP contribution >= 0.6 is 11.6 Å². The van der Waals surface area contributed by atoms with E-state index in [2.05, 4.69) is 11.9 Å². The molecule has 1 aromatic heterocycles. The molecule has 0 saturated heterocycles. The van der Waals surface area contributed by atoms with Crippen LogP contribution in [0.5, 0.6) is 0 Å². The van der Waals surface area contributed by atoms with Crippen LogP contribution in [0.2, 0.25) is 5.02 Å². The minimum absolute atomic E-state index is 0.110. The summed E-state index contributed by atoms with van der Waals surface area (Å²) in [6.07, 6.45) is 0.975. The third-order valence-electron chi connectivity index (χ3n) is 2.72. The molecule has 0 aliphatic heterocycles. The second kappa shape index (κ2) is 5.04. The fourth-order valence-electron chi connectivity index (χ4n) is 1.94. The molecule has 0 amide bonds. The number of fused-ring (bicyclic) bond motifs is 1. The first-order valence-electron chi connectivity index (χ1n) is 5.69. The number of nitrogens with two attached hydrogens (primary N) is 1. The molecule has 2 aromatic rings. The smallest absolute Gasteiger partial charge is 0.129 e. The molecule has 0 bridgehead atoms. The van der Waals surface area contributed by atoms with Gasteiger partial charge in [-0.1, -0.05) is 18.5 Å². The molecule has 0 aliphatic carbocycles. The molecule has 0 fully saturated rings. The van der Waals surface area contributed by atoms with Crippen LogP contribution in [0.25, 0.3) is 11.0 Å². The van der Waals surface area contributed by atoms with Crippen LogP contribution in [0.15, 0.2) is 18.2 Å². The standard InChI is InChI=1S/C12H16ClN3O/c1-2-5-16-11-6-8(13)3-4-10(11)15-12(16)9(14)7-17/h3-4,6,9,17H,2,5,7,14H2,1H3. The number of benzene rings is 1. The molecule has 5 heteroatoms. The molecule has 2 rings (SSSR count). The maximum Gasteiger partial charge on any atom is 0.129 e. The fourth-order valence-corrected chi connectivity index (χ4v) is 2.10. The van der Waals surface area contributed by atoms with Crippen molar-refractivity contribution in [1.29, 1.82) is 0 Å². The Balaban J connectivity index is 2.62. The number of nitrogens with zero attached hydrogens (tertiary/aromatic N) is 2. The van der Waals surface area contributed by atoms with E-state index < -0.39 is 6.04 Å². The SMILES string of the molecule is CCCn1c(C(N)CO)nc2ccc(Cl)cc21. The van der Waals surface area contributed by atoms with Crippen LogP contribution < -0.4 is 5.73 Å². The van der Waals surface area contributed by atoms with Gasteiger partial charge in [0.1, 0.15) is 5.82 Å². The van der Waals surface area contributed by atoms with Gasteiger partial charge in [-0.3, -0.25) is 0 Å². The molecule has 17 heavy (non-hydrogen) atoms. The molecule has 0 radical (unpaired) electrons. The number of hydrogen-bond acceptors (Lipinski definition) is 3. The zero-order valence-electron chi connectivity index (χ0n) is 9.73. The summed E-state index contributed by atoms with van der Waals surface area (Å²) >= 11 is 5.99. The van der Waals surface area contributed by atoms with Crippen LogP contribution in [0.3, 0.4) is 0 Å². The van der Waals surface area contributed by atoms with Gasteiger partial charge in [0.15, 0.2) is 0 Å². The van der Waals surface area contributed by atoms with E-state index in [4.69, 9.17) is 22.4 Å². The molecular formula is C12H16ClN3O. The Morgan fingerprint density at radius 2 is 2.29 bits per heavy atom. The molecule has 1 atom stereocenters. The number of imidazole rings is 1. The van der Waals surface area contributed by atoms with Crippen molar-refractivity contribution in [2.45, 2.75) is 25.9 Å². The highest BCUT2D eigenvalue weighted by Gasteiger charge is 2.15. The first-order valence-corrected chi connectivity index (χ1v) is 6.07. The lowest BCUT2D eigenvalue weighted by atomic mass is 10.3. The van der Waals surface area contributed by atoms with Crippen molar-refractivity contribution >= 4 is 22.6 Å². The summed E-state index contributed by atoms with van der Waals surface area (Å²) in [7, 11) is 0. The van der Waals surface area contributed by atoms with Gasteiger partial charge in [0.2, 0.25) is 0 Å². The van der Waals surface area contributed by atoms with Crippen molar-refractivity contribution < 1.29 is 5.11 Å². The summed E-state index contributed by atoms with van der Waals surface area (Å²) < 4.78 is 2.03. The van der Waals surface area contributed by atoms with Crippen molar-refractivity contribution in [3.8, 4) is 0 Å². The Hall–Kier alpha value is -1.10. The average molecular weight is 254 g/mol. The van der Waals surface area contributed by atoms with E-state index in [1.54, 1.807) is 6.07 Å². The van der Waals surface area contributed by atoms with Gasteiger partial charge in [-0.05, 0) is 24.6 Å². The molecule has 92 valence electrons. The average Bonchev–Trinajstić information content (AvgIpc) is 2.67. The number of aryl methyl sites for hydroxylation is 1. The second-order valence-electron chi connectivity index (χ2n) is 4.04. The normalized spacial score (nSPS) is 13.2. The lowest BCUT2D eigenvalue weighted by Gasteiger charge is -2.11. The molecular weight excluding hydrogens is 238 g/mol. The molecule has 1 heterocycles. The van der Waals surface area contributed by atoms with E-state index in [0.29, 0.717) is 10.8 Å². The third-order valence-corrected chi connectivity index (χ3v) is 2.95. The summed E-state index contributed by atoms with van der Waals surface area (Å²) in [4.78, 5) is 4.46. The Morgan fingerprint density at radius 3 is 2.94 bits per heavy atom. The molecule has 0 spiro atoms. The van der Waals surface area contributed by atoms with Crippen molar-refractivity contribution in [3.63, 3.8) is 0 Å². The van der Waals surface area contributed by atoms with Gasteiger partial charge in [-0.2, -0.15) is 0 Å². The number of aromatic nitrogens is 2. The highest BCUT2D eigenvalue weighted by Crippen LogP contribution is 2.23. The minimum atomic E-state index is -0.451. The second-order valence-corrected chi connectivity index (χ2v) is 4.48. The predicted octanol–water partition coefficient (Wildman–Crippen LogP) is 2.09. The van der Waals surface area contributed by atoms with E-state index in [1.165, 1.54) is 0 Å². The first kappa shape index (κ1) is 12.4. The number of aliphatic hydroxyl groups excluding tert-OH is 1. The summed E-state index contributed by atoms with van der Waals surface area (Å²) in [5.41, 5.74) is 7.69. The summed E-state index contributed by atoms with van der Waals surface area (Å²) in [5.74, 6) is 0.714. The summed E-state index contributed by atoms with van der Waals surface area (Å²) in [6, 6.07) is 5.11. The van der Waals surface area contributed by atoms with E-state index in [1.807, 2.05) is 16.7 Å². The highest BCUT2D eigenvalue weighted by atomic mass is 35.5. The number of hydrogen-bond donors (Lipinski definition) is 2. The number of rotatable bonds is 4. The van der Waals surface area contributed by atoms with Gasteiger partial charge >= 0.3 is 0 Å². The summed E-state index contributed by atoms with van der Waals surface area (Å²) in [5, 5.41) is 9.84. The van der Waals surface area contributed by atoms with Crippen LogP contribution in [0.4, 0.5) is 0 Å². The largest absolute Gasteiger partial charge is 0.394 e. The Bertz CT molecular complexity index is 524. The van der Waals surface area contributed by atoms with E-state index in [9.17, 15) is 0 Å². The van der Waals surface area contributed by atoms with Crippen molar-refractivity contribution in [2.24, 2.45) is 5.73 Å². The fraction of sp³-hybridized carbons (Fsp3) is 0.417. The van der Waals surface area contributed by atoms with Gasteiger partial charge in [0.05, 0.1) is 23.7 Å². The van der Waals surface area contributed by atoms with Crippen LogP contribution in [-0.4, -0.2) is 21.3 Å². The molecule has 0 saturated carbocycles. The minimum Gasteiger partial charge on any atom is -0.394 e. The molecule has 1 unspecified atom stereocenters. The van der Waals surface area contributed by atoms with Crippen molar-refractivity contribution in [1.82, 2.24) is 9.55 Å². The zero-order valence-corrected chi connectivity index (χ0v) is 10.5. The Kier molecular flexibility index (Phi) is 3.66. The van der Waals surface area contributed by atoms with E-state index in [-0.39, 0.29) is 6.61 Å². The first-order chi connectivity index (χ1) is 8.17. The maximum atomic E-state index is 9.16. The lowest BCUT2D eigenvalue weighted by molar-refractivity contribution is 0.261. The maximum absolute atomic E-state index is 9.16. The lowest BCUT2D eigenvalue weighted by Crippen LogP contribution is -2.20. The molecule has 0 aliphatic rings.